The first-order valence-corrected chi connectivity index (χ1v) is 12.0. The molecule has 0 N–H and O–H groups in total. The fraction of sp³-hybridized carbons (Fsp3) is 0.462. The van der Waals surface area contributed by atoms with Crippen LogP contribution in [-0.2, 0) is 22.3 Å². The molecule has 36 heavy (non-hydrogen) atoms. The Bertz CT molecular complexity index is 1170. The molecule has 0 saturated carbocycles. The molecule has 2 saturated heterocycles. The molecule has 7 nitrogen and oxygen atoms in total. The number of carbonyl (C=O) groups excluding carboxylic acids is 1. The number of carbonyl (C=O) groups is 1. The van der Waals surface area contributed by atoms with Crippen LogP contribution in [0.15, 0.2) is 30.3 Å². The Labute approximate surface area is 207 Å². The number of anilines is 1. The number of ether oxygens (including phenoxy) is 3. The molecule has 2 fully saturated rings. The maximum atomic E-state index is 13.8. The number of methoxy groups -OCH3 is 1. The highest BCUT2D eigenvalue weighted by molar-refractivity contribution is 5.95. The van der Waals surface area contributed by atoms with E-state index in [1.165, 1.54) is 13.2 Å². The van der Waals surface area contributed by atoms with Gasteiger partial charge in [0.25, 0.3) is 5.91 Å². The Morgan fingerprint density at radius 3 is 2.42 bits per heavy atom. The number of amides is 1. The van der Waals surface area contributed by atoms with Gasteiger partial charge in [0.05, 0.1) is 44.8 Å². The van der Waals surface area contributed by atoms with Gasteiger partial charge in [-0.2, -0.15) is 13.2 Å². The fourth-order valence-corrected chi connectivity index (χ4v) is 4.95. The molecule has 0 radical (unpaired) electrons. The van der Waals surface area contributed by atoms with Crippen molar-refractivity contribution in [2.24, 2.45) is 0 Å². The van der Waals surface area contributed by atoms with Crippen LogP contribution in [0.25, 0.3) is 5.57 Å². The van der Waals surface area contributed by atoms with Crippen molar-refractivity contribution in [3.63, 3.8) is 0 Å². The predicted octanol–water partition coefficient (Wildman–Crippen LogP) is 3.49. The van der Waals surface area contributed by atoms with Gasteiger partial charge in [-0.3, -0.25) is 9.78 Å². The lowest BCUT2D eigenvalue weighted by Crippen LogP contribution is -2.40. The average Bonchev–Trinajstić information content (AvgIpc) is 3.34. The minimum atomic E-state index is -4.44. The summed E-state index contributed by atoms with van der Waals surface area (Å²) in [5.74, 6) is 0.456. The third-order valence-electron chi connectivity index (χ3n) is 6.76. The molecule has 0 unspecified atom stereocenters. The lowest BCUT2D eigenvalue weighted by molar-refractivity contribution is -0.0687. The molecule has 3 heterocycles. The van der Waals surface area contributed by atoms with Crippen LogP contribution in [0.5, 0.6) is 5.75 Å². The number of alkyl halides is 3. The first-order chi connectivity index (χ1) is 17.3. The van der Waals surface area contributed by atoms with Gasteiger partial charge in [0, 0.05) is 67.1 Å². The maximum absolute atomic E-state index is 13.8. The SMILES string of the molecule is COc1cc(C(=O)N2CCOCC2)ccc1Cc1cc(N2CCOCC2)c2c(n1)CC=C2C(F)(F)F. The highest BCUT2D eigenvalue weighted by Gasteiger charge is 2.40. The van der Waals surface area contributed by atoms with E-state index in [1.807, 2.05) is 11.0 Å². The van der Waals surface area contributed by atoms with Gasteiger partial charge < -0.3 is 24.0 Å². The second kappa shape index (κ2) is 10.1. The van der Waals surface area contributed by atoms with E-state index in [2.05, 4.69) is 4.98 Å². The first-order valence-electron chi connectivity index (χ1n) is 12.0. The highest BCUT2D eigenvalue weighted by atomic mass is 19.4. The third-order valence-corrected chi connectivity index (χ3v) is 6.76. The average molecular weight is 504 g/mol. The number of halogens is 3. The smallest absolute Gasteiger partial charge is 0.416 e. The molecule has 192 valence electrons. The zero-order valence-corrected chi connectivity index (χ0v) is 20.1. The lowest BCUT2D eigenvalue weighted by atomic mass is 10.0. The van der Waals surface area contributed by atoms with E-state index in [4.69, 9.17) is 14.2 Å². The number of hydrogen-bond acceptors (Lipinski definition) is 6. The number of fused-ring (bicyclic) bond motifs is 1. The summed E-state index contributed by atoms with van der Waals surface area (Å²) < 4.78 is 57.7. The predicted molar refractivity (Wildman–Crippen MR) is 128 cm³/mol. The summed E-state index contributed by atoms with van der Waals surface area (Å²) in [5, 5.41) is 0. The molecular formula is C26H28F3N3O4. The van der Waals surface area contributed by atoms with Gasteiger partial charge in [-0.05, 0) is 18.2 Å². The van der Waals surface area contributed by atoms with Crippen LogP contribution in [-0.4, -0.2) is 81.7 Å². The van der Waals surface area contributed by atoms with Crippen molar-refractivity contribution in [2.75, 3.05) is 64.6 Å². The fourth-order valence-electron chi connectivity index (χ4n) is 4.95. The molecule has 1 amide bonds. The Hall–Kier alpha value is -3.11. The van der Waals surface area contributed by atoms with Crippen LogP contribution in [0, 0.1) is 0 Å². The van der Waals surface area contributed by atoms with Crippen molar-refractivity contribution in [1.29, 1.82) is 0 Å². The summed E-state index contributed by atoms with van der Waals surface area (Å²) >= 11 is 0. The van der Waals surface area contributed by atoms with E-state index in [0.29, 0.717) is 87.4 Å². The zero-order valence-electron chi connectivity index (χ0n) is 20.1. The summed E-state index contributed by atoms with van der Waals surface area (Å²) in [5.41, 5.74) is 2.49. The topological polar surface area (TPSA) is 64.1 Å². The number of morpholine rings is 2. The number of aromatic nitrogens is 1. The minimum absolute atomic E-state index is 0.0841. The van der Waals surface area contributed by atoms with Gasteiger partial charge in [-0.1, -0.05) is 12.1 Å². The molecule has 1 aromatic carbocycles. The van der Waals surface area contributed by atoms with Gasteiger partial charge in [0.1, 0.15) is 5.75 Å². The lowest BCUT2D eigenvalue weighted by Gasteiger charge is -2.31. The van der Waals surface area contributed by atoms with Gasteiger partial charge in [-0.25, -0.2) is 0 Å². The Kier molecular flexibility index (Phi) is 6.90. The number of rotatable bonds is 5. The van der Waals surface area contributed by atoms with Crippen molar-refractivity contribution in [1.82, 2.24) is 9.88 Å². The summed E-state index contributed by atoms with van der Waals surface area (Å²) in [6, 6.07) is 7.05. The quantitative estimate of drug-likeness (QED) is 0.623. The van der Waals surface area contributed by atoms with Gasteiger partial charge in [-0.15, -0.1) is 0 Å². The summed E-state index contributed by atoms with van der Waals surface area (Å²) in [6.45, 7) is 4.07. The van der Waals surface area contributed by atoms with E-state index in [9.17, 15) is 18.0 Å². The van der Waals surface area contributed by atoms with Crippen LogP contribution >= 0.6 is 0 Å². The second-order valence-electron chi connectivity index (χ2n) is 8.98. The van der Waals surface area contributed by atoms with Crippen LogP contribution < -0.4 is 9.64 Å². The maximum Gasteiger partial charge on any atom is 0.416 e. The number of allylic oxidation sites excluding steroid dienone is 2. The Morgan fingerprint density at radius 2 is 1.75 bits per heavy atom. The van der Waals surface area contributed by atoms with E-state index in [0.717, 1.165) is 5.56 Å². The van der Waals surface area contributed by atoms with Gasteiger partial charge >= 0.3 is 6.18 Å². The summed E-state index contributed by atoms with van der Waals surface area (Å²) in [6.07, 6.45) is -2.72. The molecule has 10 heteroatoms. The van der Waals surface area contributed by atoms with Crippen LogP contribution in [0.1, 0.15) is 32.9 Å². The molecule has 1 aromatic heterocycles. The molecule has 0 bridgehead atoms. The van der Waals surface area contributed by atoms with Gasteiger partial charge in [0.2, 0.25) is 0 Å². The van der Waals surface area contributed by atoms with Gasteiger partial charge in [0.15, 0.2) is 0 Å². The number of benzene rings is 1. The zero-order chi connectivity index (χ0) is 25.3. The van der Waals surface area contributed by atoms with Crippen molar-refractivity contribution in [2.45, 2.75) is 19.0 Å². The van der Waals surface area contributed by atoms with E-state index < -0.39 is 11.7 Å². The number of hydrogen-bond donors (Lipinski definition) is 0. The number of nitrogens with zero attached hydrogens (tertiary/aromatic N) is 3. The molecule has 0 atom stereocenters. The number of pyridine rings is 1. The molecule has 2 aliphatic heterocycles. The van der Waals surface area contributed by atoms with Crippen LogP contribution in [0.3, 0.4) is 0 Å². The monoisotopic (exact) mass is 503 g/mol. The van der Waals surface area contributed by atoms with E-state index in [-0.39, 0.29) is 17.9 Å². The first kappa shape index (κ1) is 24.6. The molecule has 3 aliphatic rings. The van der Waals surface area contributed by atoms with E-state index >= 15 is 0 Å². The Balaban J connectivity index is 1.46. The minimum Gasteiger partial charge on any atom is -0.496 e. The summed E-state index contributed by atoms with van der Waals surface area (Å²) in [7, 11) is 1.54. The standard InChI is InChI=1S/C26H28F3N3O4/c1-34-23-15-18(25(33)32-8-12-36-13-9-32)3-2-17(23)14-19-16-22(31-6-10-35-11-7-31)24-20(26(27,28)29)4-5-21(24)30-19/h2-4,15-16H,5-14H2,1H3. The van der Waals surface area contributed by atoms with Crippen molar-refractivity contribution >= 4 is 17.2 Å². The van der Waals surface area contributed by atoms with Crippen LogP contribution in [0.4, 0.5) is 18.9 Å². The summed E-state index contributed by atoms with van der Waals surface area (Å²) in [4.78, 5) is 21.2. The van der Waals surface area contributed by atoms with Crippen molar-refractivity contribution < 1.29 is 32.2 Å². The molecule has 2 aromatic rings. The van der Waals surface area contributed by atoms with Crippen molar-refractivity contribution in [3.8, 4) is 5.75 Å². The highest BCUT2D eigenvalue weighted by Crippen LogP contribution is 2.44. The second-order valence-corrected chi connectivity index (χ2v) is 8.98. The van der Waals surface area contributed by atoms with Crippen molar-refractivity contribution in [3.05, 3.63) is 58.4 Å². The van der Waals surface area contributed by atoms with E-state index in [1.54, 1.807) is 23.1 Å². The largest absolute Gasteiger partial charge is 0.496 e. The van der Waals surface area contributed by atoms with Crippen LogP contribution in [0.2, 0.25) is 0 Å². The Morgan fingerprint density at radius 1 is 1.06 bits per heavy atom. The third kappa shape index (κ3) is 4.92. The molecule has 1 aliphatic carbocycles. The molecular weight excluding hydrogens is 475 g/mol. The molecule has 0 spiro atoms. The normalized spacial score (nSPS) is 18.2. The molecule has 5 rings (SSSR count).